The van der Waals surface area contributed by atoms with E-state index >= 15 is 0 Å². The van der Waals surface area contributed by atoms with E-state index in [-0.39, 0.29) is 18.0 Å². The number of amides is 1. The number of likely N-dealkylation sites (tertiary alicyclic amines) is 1. The minimum Gasteiger partial charge on any atom is -0.381 e. The van der Waals surface area contributed by atoms with Crippen LogP contribution in [-0.4, -0.2) is 52.3 Å². The molecule has 1 saturated heterocycles. The Balaban J connectivity index is 1.77. The molecule has 0 unspecified atom stereocenters. The van der Waals surface area contributed by atoms with Crippen LogP contribution in [-0.2, 0) is 16.0 Å². The Labute approximate surface area is 111 Å². The van der Waals surface area contributed by atoms with Crippen molar-refractivity contribution >= 4 is 5.91 Å². The third-order valence-electron chi connectivity index (χ3n) is 3.21. The molecule has 0 aliphatic carbocycles. The molecule has 1 aliphatic heterocycles. The Bertz CT molecular complexity index is 468. The lowest BCUT2D eigenvalue weighted by atomic mass is 10.1. The Morgan fingerprint density at radius 2 is 2.42 bits per heavy atom. The molecule has 1 atom stereocenters. The first kappa shape index (κ1) is 13.8. The number of aromatic amines is 2. The van der Waals surface area contributed by atoms with E-state index in [1.165, 1.54) is 0 Å². The summed E-state index contributed by atoms with van der Waals surface area (Å²) in [6.45, 7) is 5.07. The van der Waals surface area contributed by atoms with E-state index in [9.17, 15) is 9.59 Å². The highest BCUT2D eigenvalue weighted by Gasteiger charge is 2.26. The van der Waals surface area contributed by atoms with Gasteiger partial charge in [-0.15, -0.1) is 0 Å². The summed E-state index contributed by atoms with van der Waals surface area (Å²) in [7, 11) is 0. The molecule has 2 rings (SSSR count). The van der Waals surface area contributed by atoms with Crippen LogP contribution < -0.4 is 5.69 Å². The highest BCUT2D eigenvalue weighted by Crippen LogP contribution is 2.17. The molecule has 2 N–H and O–H groups in total. The van der Waals surface area contributed by atoms with Crippen molar-refractivity contribution in [1.29, 1.82) is 0 Å². The third-order valence-corrected chi connectivity index (χ3v) is 3.21. The fourth-order valence-corrected chi connectivity index (χ4v) is 2.23. The topological polar surface area (TPSA) is 91.1 Å². The predicted molar refractivity (Wildman–Crippen MR) is 68.7 cm³/mol. The molecule has 7 heteroatoms. The van der Waals surface area contributed by atoms with Gasteiger partial charge in [0.05, 0.1) is 13.0 Å². The molecule has 2 heterocycles. The highest BCUT2D eigenvalue weighted by atomic mass is 16.5. The van der Waals surface area contributed by atoms with Gasteiger partial charge in [-0.3, -0.25) is 9.78 Å². The number of carbonyl (C=O) groups is 1. The lowest BCUT2D eigenvalue weighted by Gasteiger charge is -2.15. The van der Waals surface area contributed by atoms with Crippen molar-refractivity contribution in [3.8, 4) is 0 Å². The minimum atomic E-state index is -0.380. The molecular formula is C12H20N4O3. The molecule has 0 bridgehead atoms. The van der Waals surface area contributed by atoms with Crippen LogP contribution in [0.3, 0.4) is 0 Å². The van der Waals surface area contributed by atoms with Crippen molar-refractivity contribution < 1.29 is 9.53 Å². The van der Waals surface area contributed by atoms with Gasteiger partial charge in [0.15, 0.2) is 0 Å². The van der Waals surface area contributed by atoms with E-state index in [1.807, 2.05) is 4.90 Å². The average molecular weight is 268 g/mol. The van der Waals surface area contributed by atoms with Gasteiger partial charge in [0.25, 0.3) is 0 Å². The quantitative estimate of drug-likeness (QED) is 0.706. The first-order valence-electron chi connectivity index (χ1n) is 6.68. The molecule has 1 aliphatic rings. The van der Waals surface area contributed by atoms with Crippen LogP contribution in [0.1, 0.15) is 25.6 Å². The Hall–Kier alpha value is -1.63. The Kier molecular flexibility index (Phi) is 4.73. The summed E-state index contributed by atoms with van der Waals surface area (Å²) < 4.78 is 5.51. The van der Waals surface area contributed by atoms with Crippen molar-refractivity contribution in [2.24, 2.45) is 5.92 Å². The molecule has 19 heavy (non-hydrogen) atoms. The van der Waals surface area contributed by atoms with Crippen LogP contribution in [0.25, 0.3) is 0 Å². The number of rotatable bonds is 6. The van der Waals surface area contributed by atoms with Crippen molar-refractivity contribution in [3.05, 3.63) is 16.3 Å². The monoisotopic (exact) mass is 268 g/mol. The van der Waals surface area contributed by atoms with Gasteiger partial charge in [-0.25, -0.2) is 9.89 Å². The molecular weight excluding hydrogens is 248 g/mol. The molecule has 1 fully saturated rings. The fraction of sp³-hybridized carbons (Fsp3) is 0.750. The number of aromatic nitrogens is 3. The number of hydrogen-bond donors (Lipinski definition) is 2. The maximum atomic E-state index is 12.0. The summed E-state index contributed by atoms with van der Waals surface area (Å²) in [6.07, 6.45) is 2.13. The second kappa shape index (κ2) is 6.51. The molecule has 1 aromatic rings. The second-order valence-corrected chi connectivity index (χ2v) is 4.87. The van der Waals surface area contributed by atoms with Crippen molar-refractivity contribution in [1.82, 2.24) is 20.1 Å². The predicted octanol–water partition coefficient (Wildman–Crippen LogP) is -0.0844. The summed E-state index contributed by atoms with van der Waals surface area (Å²) in [5, 5.41) is 6.00. The lowest BCUT2D eigenvalue weighted by Crippen LogP contribution is -2.31. The standard InChI is InChI=1S/C12H20N4O3/c1-2-5-19-8-9-3-4-16(7-9)11(17)6-10-13-12(18)15-14-10/h9H,2-8H2,1H3,(H2,13,14,15,18)/t9-/m1/s1. The fourth-order valence-electron chi connectivity index (χ4n) is 2.23. The largest absolute Gasteiger partial charge is 0.381 e. The van der Waals surface area contributed by atoms with Gasteiger partial charge in [-0.2, -0.15) is 5.10 Å². The van der Waals surface area contributed by atoms with Crippen LogP contribution in [0.4, 0.5) is 0 Å². The summed E-state index contributed by atoms with van der Waals surface area (Å²) >= 11 is 0. The SMILES string of the molecule is CCCOC[C@@H]1CCN(C(=O)Cc2n[nH]c(=O)[nH]2)C1. The first-order chi connectivity index (χ1) is 9.19. The smallest absolute Gasteiger partial charge is 0.340 e. The van der Waals surface area contributed by atoms with Crippen molar-refractivity contribution in [3.63, 3.8) is 0 Å². The maximum absolute atomic E-state index is 12.0. The maximum Gasteiger partial charge on any atom is 0.340 e. The summed E-state index contributed by atoms with van der Waals surface area (Å²) in [5.74, 6) is 0.815. The molecule has 0 radical (unpaired) electrons. The summed E-state index contributed by atoms with van der Waals surface area (Å²) in [4.78, 5) is 27.2. The summed E-state index contributed by atoms with van der Waals surface area (Å²) in [6, 6.07) is 0. The van der Waals surface area contributed by atoms with Crippen molar-refractivity contribution in [2.75, 3.05) is 26.3 Å². The average Bonchev–Trinajstić information content (AvgIpc) is 2.99. The Morgan fingerprint density at radius 3 is 3.11 bits per heavy atom. The van der Waals surface area contributed by atoms with Crippen LogP contribution in [0.15, 0.2) is 4.79 Å². The number of ether oxygens (including phenoxy) is 1. The zero-order valence-corrected chi connectivity index (χ0v) is 11.1. The van der Waals surface area contributed by atoms with Gasteiger partial charge in [0.1, 0.15) is 5.82 Å². The lowest BCUT2D eigenvalue weighted by molar-refractivity contribution is -0.129. The van der Waals surface area contributed by atoms with E-state index < -0.39 is 0 Å². The summed E-state index contributed by atoms with van der Waals surface area (Å²) in [5.41, 5.74) is -0.380. The number of H-pyrrole nitrogens is 2. The van der Waals surface area contributed by atoms with Gasteiger partial charge in [-0.1, -0.05) is 6.92 Å². The normalized spacial score (nSPS) is 19.0. The van der Waals surface area contributed by atoms with Gasteiger partial charge >= 0.3 is 5.69 Å². The van der Waals surface area contributed by atoms with Crippen LogP contribution in [0.5, 0.6) is 0 Å². The van der Waals surface area contributed by atoms with Crippen LogP contribution in [0.2, 0.25) is 0 Å². The molecule has 0 spiro atoms. The molecule has 1 amide bonds. The Morgan fingerprint density at radius 1 is 1.58 bits per heavy atom. The number of hydrogen-bond acceptors (Lipinski definition) is 4. The zero-order chi connectivity index (χ0) is 13.7. The van der Waals surface area contributed by atoms with E-state index in [1.54, 1.807) is 0 Å². The minimum absolute atomic E-state index is 0.000687. The van der Waals surface area contributed by atoms with E-state index in [2.05, 4.69) is 22.1 Å². The molecule has 0 saturated carbocycles. The van der Waals surface area contributed by atoms with E-state index in [0.717, 1.165) is 39.1 Å². The molecule has 0 aromatic carbocycles. The zero-order valence-electron chi connectivity index (χ0n) is 11.1. The highest BCUT2D eigenvalue weighted by molar-refractivity contribution is 5.78. The first-order valence-corrected chi connectivity index (χ1v) is 6.68. The van der Waals surface area contributed by atoms with Gasteiger partial charge in [0, 0.05) is 25.6 Å². The number of nitrogens with zero attached hydrogens (tertiary/aromatic N) is 2. The van der Waals surface area contributed by atoms with E-state index in [4.69, 9.17) is 4.74 Å². The van der Waals surface area contributed by atoms with Crippen molar-refractivity contribution in [2.45, 2.75) is 26.2 Å². The number of carbonyl (C=O) groups excluding carboxylic acids is 1. The van der Waals surface area contributed by atoms with Crippen LogP contribution in [0, 0.1) is 5.92 Å². The second-order valence-electron chi connectivity index (χ2n) is 4.87. The van der Waals surface area contributed by atoms with Gasteiger partial charge in [-0.05, 0) is 12.8 Å². The molecule has 7 nitrogen and oxygen atoms in total. The van der Waals surface area contributed by atoms with Gasteiger partial charge in [0.2, 0.25) is 5.91 Å². The van der Waals surface area contributed by atoms with E-state index in [0.29, 0.717) is 11.7 Å². The number of nitrogens with one attached hydrogen (secondary N) is 2. The third kappa shape index (κ3) is 3.92. The molecule has 1 aromatic heterocycles. The molecule has 106 valence electrons. The van der Waals surface area contributed by atoms with Gasteiger partial charge < -0.3 is 9.64 Å². The van der Waals surface area contributed by atoms with Crippen LogP contribution >= 0.6 is 0 Å².